The molecular formula is C19H31NO3. The fourth-order valence-corrected chi connectivity index (χ4v) is 2.38. The third kappa shape index (κ3) is 7.62. The van der Waals surface area contributed by atoms with Gasteiger partial charge in [-0.15, -0.1) is 0 Å². The minimum absolute atomic E-state index is 0.219. The van der Waals surface area contributed by atoms with Gasteiger partial charge in [0.15, 0.2) is 0 Å². The molecule has 0 aliphatic carbocycles. The lowest BCUT2D eigenvalue weighted by atomic mass is 9.87. The van der Waals surface area contributed by atoms with E-state index in [1.54, 1.807) is 13.8 Å². The topological polar surface area (TPSA) is 69.6 Å². The number of carbonyl (C=O) groups excluding carboxylic acids is 1. The van der Waals surface area contributed by atoms with E-state index in [0.717, 1.165) is 25.7 Å². The Bertz CT molecular complexity index is 445. The molecule has 0 saturated heterocycles. The van der Waals surface area contributed by atoms with Gasteiger partial charge < -0.3 is 15.5 Å². The normalized spacial score (nSPS) is 12.9. The van der Waals surface area contributed by atoms with Crippen molar-refractivity contribution in [2.75, 3.05) is 13.2 Å². The van der Waals surface area contributed by atoms with E-state index < -0.39 is 17.4 Å². The Morgan fingerprint density at radius 2 is 1.70 bits per heavy atom. The first-order valence-corrected chi connectivity index (χ1v) is 8.58. The maximum absolute atomic E-state index is 11.8. The van der Waals surface area contributed by atoms with Gasteiger partial charge in [-0.25, -0.2) is 0 Å². The number of amides is 1. The number of hydrogen-bond acceptors (Lipinski definition) is 3. The standard InChI is InChI=1S/C19H31NO3/c1-19(2,15-21)17(22)18(23)20-14-10-5-3-4-7-11-16-12-8-6-9-13-16/h6,8-9,12-13,17,21-22H,3-5,7,10-11,14-15H2,1-2H3,(H,20,23)/t17-/m0/s1. The highest BCUT2D eigenvalue weighted by Gasteiger charge is 2.32. The molecular weight excluding hydrogens is 290 g/mol. The van der Waals surface area contributed by atoms with Crippen LogP contribution in [-0.2, 0) is 11.2 Å². The Balaban J connectivity index is 2.02. The molecule has 0 bridgehead atoms. The molecule has 23 heavy (non-hydrogen) atoms. The Morgan fingerprint density at radius 1 is 1.09 bits per heavy atom. The Labute approximate surface area is 139 Å². The van der Waals surface area contributed by atoms with Gasteiger partial charge in [-0.1, -0.05) is 63.4 Å². The number of aliphatic hydroxyl groups excluding tert-OH is 2. The molecule has 1 rings (SSSR count). The van der Waals surface area contributed by atoms with Crippen molar-refractivity contribution >= 4 is 5.91 Å². The number of rotatable bonds is 11. The highest BCUT2D eigenvalue weighted by Crippen LogP contribution is 2.19. The zero-order chi connectivity index (χ0) is 17.1. The van der Waals surface area contributed by atoms with Gasteiger partial charge in [0.05, 0.1) is 6.61 Å². The molecule has 0 aliphatic rings. The molecule has 1 amide bonds. The van der Waals surface area contributed by atoms with Crippen LogP contribution in [0.5, 0.6) is 0 Å². The number of hydrogen-bond donors (Lipinski definition) is 3. The summed E-state index contributed by atoms with van der Waals surface area (Å²) in [5, 5.41) is 21.7. The first kappa shape index (κ1) is 19.7. The van der Waals surface area contributed by atoms with Gasteiger partial charge in [-0.2, -0.15) is 0 Å². The van der Waals surface area contributed by atoms with Crippen molar-refractivity contribution in [3.05, 3.63) is 35.9 Å². The van der Waals surface area contributed by atoms with Crippen molar-refractivity contribution in [1.82, 2.24) is 5.32 Å². The monoisotopic (exact) mass is 321 g/mol. The smallest absolute Gasteiger partial charge is 0.249 e. The number of aliphatic hydroxyl groups is 2. The maximum Gasteiger partial charge on any atom is 0.249 e. The summed E-state index contributed by atoms with van der Waals surface area (Å²) in [7, 11) is 0. The van der Waals surface area contributed by atoms with Crippen LogP contribution in [0.4, 0.5) is 0 Å². The number of aryl methyl sites for hydroxylation is 1. The molecule has 0 aromatic heterocycles. The zero-order valence-electron chi connectivity index (χ0n) is 14.4. The van der Waals surface area contributed by atoms with Crippen LogP contribution in [0.2, 0.25) is 0 Å². The molecule has 130 valence electrons. The van der Waals surface area contributed by atoms with Crippen molar-refractivity contribution < 1.29 is 15.0 Å². The third-order valence-electron chi connectivity index (χ3n) is 4.18. The van der Waals surface area contributed by atoms with Gasteiger partial charge in [-0.05, 0) is 24.8 Å². The molecule has 0 unspecified atom stereocenters. The molecule has 0 saturated carbocycles. The quantitative estimate of drug-likeness (QED) is 0.549. The first-order valence-electron chi connectivity index (χ1n) is 8.58. The number of benzene rings is 1. The fraction of sp³-hybridized carbons (Fsp3) is 0.632. The van der Waals surface area contributed by atoms with E-state index in [2.05, 4.69) is 29.6 Å². The van der Waals surface area contributed by atoms with Gasteiger partial charge in [0.1, 0.15) is 6.10 Å². The van der Waals surface area contributed by atoms with Crippen LogP contribution >= 0.6 is 0 Å². The second-order valence-electron chi connectivity index (χ2n) is 6.84. The Kier molecular flexibility index (Phi) is 8.89. The minimum atomic E-state index is -1.17. The van der Waals surface area contributed by atoms with E-state index in [0.29, 0.717) is 6.54 Å². The summed E-state index contributed by atoms with van der Waals surface area (Å²) < 4.78 is 0. The lowest BCUT2D eigenvalue weighted by molar-refractivity contribution is -0.137. The summed E-state index contributed by atoms with van der Waals surface area (Å²) in [6, 6.07) is 10.5. The van der Waals surface area contributed by atoms with Crippen molar-refractivity contribution in [2.24, 2.45) is 5.41 Å². The van der Waals surface area contributed by atoms with Crippen LogP contribution in [0.1, 0.15) is 51.5 Å². The maximum atomic E-state index is 11.8. The van der Waals surface area contributed by atoms with Crippen LogP contribution in [0.15, 0.2) is 30.3 Å². The molecule has 1 atom stereocenters. The first-order chi connectivity index (χ1) is 11.0. The van der Waals surface area contributed by atoms with Gasteiger partial charge in [0.2, 0.25) is 5.91 Å². The van der Waals surface area contributed by atoms with Crippen LogP contribution in [0, 0.1) is 5.41 Å². The predicted octanol–water partition coefficient (Wildman–Crippen LogP) is 2.68. The molecule has 0 radical (unpaired) electrons. The van der Waals surface area contributed by atoms with Crippen molar-refractivity contribution in [2.45, 2.75) is 58.5 Å². The SMILES string of the molecule is CC(C)(CO)[C@@H](O)C(=O)NCCCCCCCc1ccccc1. The van der Waals surface area contributed by atoms with Crippen LogP contribution in [0.3, 0.4) is 0 Å². The van der Waals surface area contributed by atoms with E-state index in [-0.39, 0.29) is 6.61 Å². The van der Waals surface area contributed by atoms with E-state index in [1.165, 1.54) is 18.4 Å². The zero-order valence-corrected chi connectivity index (χ0v) is 14.4. The average Bonchev–Trinajstić information content (AvgIpc) is 2.57. The molecule has 1 aromatic carbocycles. The van der Waals surface area contributed by atoms with Gasteiger partial charge in [-0.3, -0.25) is 4.79 Å². The third-order valence-corrected chi connectivity index (χ3v) is 4.18. The van der Waals surface area contributed by atoms with Crippen molar-refractivity contribution in [3.8, 4) is 0 Å². The molecule has 0 heterocycles. The molecule has 4 heteroatoms. The molecule has 0 aliphatic heterocycles. The molecule has 1 aromatic rings. The number of nitrogens with one attached hydrogen (secondary N) is 1. The van der Waals surface area contributed by atoms with Crippen molar-refractivity contribution in [3.63, 3.8) is 0 Å². The summed E-state index contributed by atoms with van der Waals surface area (Å²) in [4.78, 5) is 11.8. The lowest BCUT2D eigenvalue weighted by Gasteiger charge is -2.27. The van der Waals surface area contributed by atoms with E-state index >= 15 is 0 Å². The molecule has 3 N–H and O–H groups in total. The van der Waals surface area contributed by atoms with E-state index in [4.69, 9.17) is 5.11 Å². The molecule has 0 fully saturated rings. The average molecular weight is 321 g/mol. The molecule has 0 spiro atoms. The highest BCUT2D eigenvalue weighted by atomic mass is 16.3. The predicted molar refractivity (Wildman–Crippen MR) is 93.1 cm³/mol. The van der Waals surface area contributed by atoms with E-state index in [9.17, 15) is 9.90 Å². The van der Waals surface area contributed by atoms with Gasteiger partial charge >= 0.3 is 0 Å². The number of unbranched alkanes of at least 4 members (excludes halogenated alkanes) is 4. The molecule has 4 nitrogen and oxygen atoms in total. The number of carbonyl (C=O) groups is 1. The summed E-state index contributed by atoms with van der Waals surface area (Å²) in [5.74, 6) is -0.395. The summed E-state index contributed by atoms with van der Waals surface area (Å²) in [6.45, 7) is 3.70. The van der Waals surface area contributed by atoms with Crippen LogP contribution in [-0.4, -0.2) is 35.4 Å². The largest absolute Gasteiger partial charge is 0.396 e. The van der Waals surface area contributed by atoms with Crippen LogP contribution < -0.4 is 5.32 Å². The summed E-state index contributed by atoms with van der Waals surface area (Å²) >= 11 is 0. The second kappa shape index (κ2) is 10.4. The van der Waals surface area contributed by atoms with Crippen molar-refractivity contribution in [1.29, 1.82) is 0 Å². The lowest BCUT2D eigenvalue weighted by Crippen LogP contribution is -2.45. The minimum Gasteiger partial charge on any atom is -0.396 e. The summed E-state index contributed by atoms with van der Waals surface area (Å²) in [6.07, 6.45) is 5.51. The Hall–Kier alpha value is -1.39. The fourth-order valence-electron chi connectivity index (χ4n) is 2.38. The summed E-state index contributed by atoms with van der Waals surface area (Å²) in [5.41, 5.74) is 0.585. The van der Waals surface area contributed by atoms with E-state index in [1.807, 2.05) is 6.07 Å². The van der Waals surface area contributed by atoms with Gasteiger partial charge in [0, 0.05) is 12.0 Å². The Morgan fingerprint density at radius 3 is 2.35 bits per heavy atom. The van der Waals surface area contributed by atoms with Crippen LogP contribution in [0.25, 0.3) is 0 Å². The van der Waals surface area contributed by atoms with Gasteiger partial charge in [0.25, 0.3) is 0 Å². The second-order valence-corrected chi connectivity index (χ2v) is 6.84. The highest BCUT2D eigenvalue weighted by molar-refractivity contribution is 5.81.